The van der Waals surface area contributed by atoms with E-state index in [-0.39, 0.29) is 12.5 Å². The molecule has 0 aliphatic heterocycles. The molecule has 2 aromatic heterocycles. The molecule has 0 saturated carbocycles. The number of carbonyl (C=O) groups is 1. The molecule has 0 spiro atoms. The molecular formula is C24H26N6O2. The number of amides is 1. The fraction of sp³-hybridized carbons (Fsp3) is 0.250. The molecule has 2 heterocycles. The lowest BCUT2D eigenvalue weighted by Gasteiger charge is -2.20. The van der Waals surface area contributed by atoms with Crippen molar-refractivity contribution < 1.29 is 4.79 Å². The van der Waals surface area contributed by atoms with E-state index in [9.17, 15) is 9.59 Å². The number of hydrogen-bond acceptors (Lipinski definition) is 5. The monoisotopic (exact) mass is 430 g/mol. The minimum Gasteiger partial charge on any atom is -0.337 e. The van der Waals surface area contributed by atoms with Crippen LogP contribution in [0, 0.1) is 13.8 Å². The summed E-state index contributed by atoms with van der Waals surface area (Å²) in [6.07, 6.45) is 0. The molecular weight excluding hydrogens is 404 g/mol. The van der Waals surface area contributed by atoms with Crippen LogP contribution in [-0.4, -0.2) is 36.5 Å². The summed E-state index contributed by atoms with van der Waals surface area (Å²) < 4.78 is 2.60. The summed E-state index contributed by atoms with van der Waals surface area (Å²) in [7, 11) is 0. The number of benzene rings is 2. The zero-order chi connectivity index (χ0) is 22.7. The van der Waals surface area contributed by atoms with E-state index in [1.807, 2.05) is 75.4 Å². The zero-order valence-electron chi connectivity index (χ0n) is 18.4. The molecule has 8 nitrogen and oxygen atoms in total. The normalized spacial score (nSPS) is 11.0. The van der Waals surface area contributed by atoms with Gasteiger partial charge in [0.1, 0.15) is 6.54 Å². The Balaban J connectivity index is 1.63. The maximum absolute atomic E-state index is 13.1. The predicted molar refractivity (Wildman–Crippen MR) is 124 cm³/mol. The average molecular weight is 431 g/mol. The molecule has 0 saturated heterocycles. The summed E-state index contributed by atoms with van der Waals surface area (Å²) in [6, 6.07) is 19.3. The van der Waals surface area contributed by atoms with Gasteiger partial charge in [-0.05, 0) is 44.0 Å². The van der Waals surface area contributed by atoms with Gasteiger partial charge in [0.05, 0.1) is 0 Å². The molecule has 0 unspecified atom stereocenters. The van der Waals surface area contributed by atoms with Crippen LogP contribution in [0.1, 0.15) is 23.7 Å². The highest BCUT2D eigenvalue weighted by molar-refractivity contribution is 5.76. The largest absolute Gasteiger partial charge is 0.353 e. The van der Waals surface area contributed by atoms with Gasteiger partial charge in [-0.15, -0.1) is 5.10 Å². The van der Waals surface area contributed by atoms with Crippen LogP contribution in [0.2, 0.25) is 0 Å². The summed E-state index contributed by atoms with van der Waals surface area (Å²) in [4.78, 5) is 32.3. The minimum atomic E-state index is -0.410. The lowest BCUT2D eigenvalue weighted by Crippen LogP contribution is -2.36. The molecule has 0 bridgehead atoms. The molecule has 0 aliphatic carbocycles. The third kappa shape index (κ3) is 4.54. The van der Waals surface area contributed by atoms with Crippen molar-refractivity contribution in [1.82, 2.24) is 24.1 Å². The second-order valence-corrected chi connectivity index (χ2v) is 7.74. The standard InChI is InChI=1S/C24H26N6O2/c1-4-28(15-19-10-6-5-7-11-19)22(31)16-29-24(32)30-21(27-29)14-18(3)25-23(30)26-20-12-8-9-17(2)13-20/h5-14H,4,15-16H2,1-3H3,(H,25,26). The van der Waals surface area contributed by atoms with Crippen molar-refractivity contribution in [1.29, 1.82) is 0 Å². The number of nitrogens with one attached hydrogen (secondary N) is 1. The minimum absolute atomic E-state index is 0.135. The molecule has 2 aromatic carbocycles. The summed E-state index contributed by atoms with van der Waals surface area (Å²) in [6.45, 7) is 6.65. The highest BCUT2D eigenvalue weighted by Crippen LogP contribution is 2.17. The molecule has 4 rings (SSSR count). The Bertz CT molecular complexity index is 1310. The first-order valence-electron chi connectivity index (χ1n) is 10.6. The van der Waals surface area contributed by atoms with Gasteiger partial charge in [0.15, 0.2) is 5.65 Å². The van der Waals surface area contributed by atoms with Gasteiger partial charge < -0.3 is 10.2 Å². The molecule has 0 radical (unpaired) electrons. The van der Waals surface area contributed by atoms with Gasteiger partial charge in [0, 0.05) is 30.5 Å². The summed E-state index contributed by atoms with van der Waals surface area (Å²) in [5.41, 5.74) is 3.69. The van der Waals surface area contributed by atoms with E-state index in [2.05, 4.69) is 15.4 Å². The molecule has 164 valence electrons. The van der Waals surface area contributed by atoms with Crippen LogP contribution in [-0.2, 0) is 17.9 Å². The molecule has 1 amide bonds. The summed E-state index contributed by atoms with van der Waals surface area (Å²) in [5, 5.41) is 7.60. The van der Waals surface area contributed by atoms with E-state index >= 15 is 0 Å². The lowest BCUT2D eigenvalue weighted by atomic mass is 10.2. The SMILES string of the molecule is CCN(Cc1ccccc1)C(=O)Cn1nc2cc(C)nc(Nc3cccc(C)c3)n2c1=O. The number of hydrogen-bond donors (Lipinski definition) is 1. The van der Waals surface area contributed by atoms with Gasteiger partial charge in [-0.2, -0.15) is 0 Å². The van der Waals surface area contributed by atoms with Crippen LogP contribution < -0.4 is 11.0 Å². The van der Waals surface area contributed by atoms with Gasteiger partial charge in [0.2, 0.25) is 11.9 Å². The molecule has 1 N–H and O–H groups in total. The van der Waals surface area contributed by atoms with Crippen LogP contribution in [0.25, 0.3) is 5.65 Å². The van der Waals surface area contributed by atoms with Crippen molar-refractivity contribution >= 4 is 23.2 Å². The van der Waals surface area contributed by atoms with Crippen LogP contribution in [0.15, 0.2) is 65.5 Å². The van der Waals surface area contributed by atoms with Crippen LogP contribution in [0.4, 0.5) is 11.6 Å². The van der Waals surface area contributed by atoms with Crippen molar-refractivity contribution in [3.8, 4) is 0 Å². The molecule has 4 aromatic rings. The average Bonchev–Trinajstić information content (AvgIpc) is 3.07. The third-order valence-corrected chi connectivity index (χ3v) is 5.21. The zero-order valence-corrected chi connectivity index (χ0v) is 18.4. The Labute approximate surface area is 186 Å². The maximum Gasteiger partial charge on any atom is 0.353 e. The number of fused-ring (bicyclic) bond motifs is 1. The van der Waals surface area contributed by atoms with E-state index in [0.29, 0.717) is 24.7 Å². The van der Waals surface area contributed by atoms with E-state index < -0.39 is 5.69 Å². The first-order valence-corrected chi connectivity index (χ1v) is 10.6. The van der Waals surface area contributed by atoms with Gasteiger partial charge in [-0.1, -0.05) is 42.5 Å². The van der Waals surface area contributed by atoms with E-state index in [1.165, 1.54) is 9.08 Å². The highest BCUT2D eigenvalue weighted by atomic mass is 16.2. The molecule has 8 heteroatoms. The molecule has 32 heavy (non-hydrogen) atoms. The Morgan fingerprint density at radius 1 is 1.06 bits per heavy atom. The number of aromatic nitrogens is 4. The number of aryl methyl sites for hydroxylation is 2. The van der Waals surface area contributed by atoms with Crippen molar-refractivity contribution in [2.45, 2.75) is 33.9 Å². The van der Waals surface area contributed by atoms with E-state index in [4.69, 9.17) is 0 Å². The lowest BCUT2D eigenvalue weighted by molar-refractivity contribution is -0.132. The number of nitrogens with zero attached hydrogens (tertiary/aromatic N) is 5. The highest BCUT2D eigenvalue weighted by Gasteiger charge is 2.18. The van der Waals surface area contributed by atoms with Crippen LogP contribution >= 0.6 is 0 Å². The number of rotatable bonds is 7. The second-order valence-electron chi connectivity index (χ2n) is 7.74. The van der Waals surface area contributed by atoms with Crippen molar-refractivity contribution in [3.05, 3.63) is 88.0 Å². The van der Waals surface area contributed by atoms with Gasteiger partial charge >= 0.3 is 5.69 Å². The smallest absolute Gasteiger partial charge is 0.337 e. The number of likely N-dealkylation sites (N-methyl/N-ethyl adjacent to an activating group) is 1. The Morgan fingerprint density at radius 2 is 1.84 bits per heavy atom. The molecule has 0 aliphatic rings. The quantitative estimate of drug-likeness (QED) is 0.486. The Kier molecular flexibility index (Phi) is 6.02. The van der Waals surface area contributed by atoms with Crippen LogP contribution in [0.5, 0.6) is 0 Å². The van der Waals surface area contributed by atoms with Gasteiger partial charge in [-0.3, -0.25) is 4.79 Å². The maximum atomic E-state index is 13.1. The topological polar surface area (TPSA) is 84.5 Å². The second kappa shape index (κ2) is 9.05. The third-order valence-electron chi connectivity index (χ3n) is 5.21. The Hall–Kier alpha value is -3.94. The first kappa shape index (κ1) is 21.3. The van der Waals surface area contributed by atoms with Gasteiger partial charge in [-0.25, -0.2) is 18.9 Å². The van der Waals surface area contributed by atoms with Crippen molar-refractivity contribution in [3.63, 3.8) is 0 Å². The fourth-order valence-electron chi connectivity index (χ4n) is 3.60. The predicted octanol–water partition coefficient (Wildman–Crippen LogP) is 3.30. The first-order chi connectivity index (χ1) is 15.4. The Morgan fingerprint density at radius 3 is 2.56 bits per heavy atom. The summed E-state index contributed by atoms with van der Waals surface area (Å²) in [5.74, 6) is 0.200. The number of carbonyl (C=O) groups excluding carboxylic acids is 1. The molecule has 0 fully saturated rings. The molecule has 0 atom stereocenters. The van der Waals surface area contributed by atoms with E-state index in [1.54, 1.807) is 11.0 Å². The van der Waals surface area contributed by atoms with Crippen molar-refractivity contribution in [2.75, 3.05) is 11.9 Å². The van der Waals surface area contributed by atoms with Crippen LogP contribution in [0.3, 0.4) is 0 Å². The van der Waals surface area contributed by atoms with Gasteiger partial charge in [0.25, 0.3) is 0 Å². The number of anilines is 2. The van der Waals surface area contributed by atoms with E-state index in [0.717, 1.165) is 22.5 Å². The fourth-order valence-corrected chi connectivity index (χ4v) is 3.60. The summed E-state index contributed by atoms with van der Waals surface area (Å²) >= 11 is 0. The van der Waals surface area contributed by atoms with Crippen molar-refractivity contribution in [2.24, 2.45) is 0 Å².